The lowest BCUT2D eigenvalue weighted by atomic mass is 9.55. The monoisotopic (exact) mass is 835 g/mol. The quantitative estimate of drug-likeness (QED) is 0.167. The van der Waals surface area contributed by atoms with Crippen LogP contribution in [0.4, 0.5) is 17.1 Å². The van der Waals surface area contributed by atoms with Crippen molar-refractivity contribution in [1.82, 2.24) is 0 Å². The minimum absolute atomic E-state index is 0.627. The van der Waals surface area contributed by atoms with Crippen LogP contribution in [-0.2, 0) is 5.41 Å². The average Bonchev–Trinajstić information content (AvgIpc) is 3.39. The number of hydrogen-bond acceptors (Lipinski definition) is 1. The zero-order valence-electron chi connectivity index (χ0n) is 36.1. The molecule has 0 saturated heterocycles. The normalized spacial score (nSPS) is 14.4. The fraction of sp³-hybridized carbons (Fsp3) is 0.0154. The first-order chi connectivity index (χ1) is 32.8. The molecule has 306 valence electrons. The third-order valence-corrected chi connectivity index (χ3v) is 14.6. The van der Waals surface area contributed by atoms with Crippen molar-refractivity contribution in [2.24, 2.45) is 0 Å². The standard InChI is InChI=1S/C65H41N/c1-3-16-42(17-4-1)48-34-37-53-54-27-13-23-46-24-14-30-58(62(46)54)65(60(53)41-48)57-29-12-11-26-52(57)55-38-39-61(56-28-15-31-59(65)63(55)56)66(49-35-32-43-18-7-8-22-47(43)40-49)64-50-25-10-9-21-45(50)33-36-51(64)44-19-5-2-6-20-44/h1-41H. The molecule has 1 nitrogen and oxygen atoms in total. The second-order valence-corrected chi connectivity index (χ2v) is 17.9. The Hall–Kier alpha value is -8.52. The Morgan fingerprint density at radius 2 is 0.833 bits per heavy atom. The van der Waals surface area contributed by atoms with E-state index in [1.54, 1.807) is 0 Å². The van der Waals surface area contributed by atoms with E-state index < -0.39 is 5.41 Å². The maximum absolute atomic E-state index is 2.56. The highest BCUT2D eigenvalue weighted by atomic mass is 15.1. The summed E-state index contributed by atoms with van der Waals surface area (Å²) >= 11 is 0. The van der Waals surface area contributed by atoms with Crippen molar-refractivity contribution in [2.75, 3.05) is 4.90 Å². The molecule has 1 unspecified atom stereocenters. The SMILES string of the molecule is c1ccc(-c2ccc3c(c2)C2(c4ccccc4-c4ccc(N(c5ccc6ccccc6c5)c5c(-c6ccccc6)ccc6ccccc56)c5cccc2c45)c2cccc4cccc-3c24)cc1. The molecule has 0 saturated carbocycles. The average molecular weight is 836 g/mol. The molecule has 12 aromatic carbocycles. The van der Waals surface area contributed by atoms with E-state index in [4.69, 9.17) is 0 Å². The van der Waals surface area contributed by atoms with Gasteiger partial charge in [0.2, 0.25) is 0 Å². The minimum atomic E-state index is -0.627. The molecule has 0 radical (unpaired) electrons. The second kappa shape index (κ2) is 14.2. The molecule has 0 aliphatic heterocycles. The van der Waals surface area contributed by atoms with Crippen molar-refractivity contribution in [3.8, 4) is 44.5 Å². The van der Waals surface area contributed by atoms with Gasteiger partial charge in [-0.1, -0.05) is 224 Å². The highest BCUT2D eigenvalue weighted by molar-refractivity contribution is 6.16. The van der Waals surface area contributed by atoms with E-state index in [1.165, 1.54) is 110 Å². The van der Waals surface area contributed by atoms with Gasteiger partial charge in [0.05, 0.1) is 16.8 Å². The maximum Gasteiger partial charge on any atom is 0.0726 e. The summed E-state index contributed by atoms with van der Waals surface area (Å²) in [6.45, 7) is 0. The Morgan fingerprint density at radius 1 is 0.273 bits per heavy atom. The van der Waals surface area contributed by atoms with E-state index in [1.807, 2.05) is 0 Å². The van der Waals surface area contributed by atoms with E-state index in [-0.39, 0.29) is 0 Å². The number of nitrogens with zero attached hydrogens (tertiary/aromatic N) is 1. The number of hydrogen-bond donors (Lipinski definition) is 0. The van der Waals surface area contributed by atoms with Gasteiger partial charge in [-0.15, -0.1) is 0 Å². The van der Waals surface area contributed by atoms with Crippen LogP contribution in [0.15, 0.2) is 249 Å². The molecule has 0 bridgehead atoms. The van der Waals surface area contributed by atoms with Gasteiger partial charge in [0, 0.05) is 22.0 Å². The molecule has 0 amide bonds. The van der Waals surface area contributed by atoms with Crippen LogP contribution >= 0.6 is 0 Å². The largest absolute Gasteiger partial charge is 0.309 e. The van der Waals surface area contributed by atoms with Gasteiger partial charge >= 0.3 is 0 Å². The zero-order chi connectivity index (χ0) is 43.3. The van der Waals surface area contributed by atoms with Crippen molar-refractivity contribution < 1.29 is 0 Å². The van der Waals surface area contributed by atoms with Crippen molar-refractivity contribution in [3.63, 3.8) is 0 Å². The Bertz CT molecular complexity index is 3940. The van der Waals surface area contributed by atoms with Gasteiger partial charge in [-0.25, -0.2) is 0 Å². The minimum Gasteiger partial charge on any atom is -0.309 e. The van der Waals surface area contributed by atoms with Gasteiger partial charge < -0.3 is 4.90 Å². The molecule has 1 atom stereocenters. The Balaban J connectivity index is 1.14. The molecule has 12 aromatic rings. The van der Waals surface area contributed by atoms with Crippen LogP contribution in [-0.4, -0.2) is 0 Å². The van der Waals surface area contributed by atoms with Gasteiger partial charge in [0.15, 0.2) is 0 Å². The highest BCUT2D eigenvalue weighted by Crippen LogP contribution is 2.62. The lowest BCUT2D eigenvalue weighted by Crippen LogP contribution is -2.36. The van der Waals surface area contributed by atoms with Crippen LogP contribution in [0.25, 0.3) is 87.6 Å². The first-order valence-electron chi connectivity index (χ1n) is 23.0. The molecular weight excluding hydrogens is 795 g/mol. The fourth-order valence-electron chi connectivity index (χ4n) is 11.9. The van der Waals surface area contributed by atoms with E-state index in [0.29, 0.717) is 0 Å². The predicted octanol–water partition coefficient (Wildman–Crippen LogP) is 17.4. The number of anilines is 3. The molecule has 0 N–H and O–H groups in total. The highest BCUT2D eigenvalue weighted by Gasteiger charge is 2.49. The van der Waals surface area contributed by atoms with Crippen LogP contribution in [0.5, 0.6) is 0 Å². The molecule has 14 rings (SSSR count). The number of benzene rings is 12. The third kappa shape index (κ3) is 5.17. The number of fused-ring (bicyclic) bond motifs is 10. The summed E-state index contributed by atoms with van der Waals surface area (Å²) in [4.78, 5) is 2.56. The summed E-state index contributed by atoms with van der Waals surface area (Å²) < 4.78 is 0. The maximum atomic E-state index is 2.56. The number of rotatable bonds is 5. The van der Waals surface area contributed by atoms with E-state index >= 15 is 0 Å². The van der Waals surface area contributed by atoms with Crippen molar-refractivity contribution in [1.29, 1.82) is 0 Å². The summed E-state index contributed by atoms with van der Waals surface area (Å²) in [5, 5.41) is 9.92. The molecule has 0 heterocycles. The summed E-state index contributed by atoms with van der Waals surface area (Å²) in [6, 6.07) is 93.1. The molecule has 0 fully saturated rings. The van der Waals surface area contributed by atoms with E-state index in [0.717, 1.165) is 17.1 Å². The van der Waals surface area contributed by atoms with Gasteiger partial charge in [-0.3, -0.25) is 0 Å². The summed E-state index contributed by atoms with van der Waals surface area (Å²) in [7, 11) is 0. The van der Waals surface area contributed by atoms with Crippen LogP contribution < -0.4 is 4.90 Å². The summed E-state index contributed by atoms with van der Waals surface area (Å²) in [5.41, 5.74) is 18.0. The van der Waals surface area contributed by atoms with Gasteiger partial charge in [-0.2, -0.15) is 0 Å². The smallest absolute Gasteiger partial charge is 0.0726 e. The van der Waals surface area contributed by atoms with Crippen LogP contribution in [0.2, 0.25) is 0 Å². The first kappa shape index (κ1) is 36.9. The van der Waals surface area contributed by atoms with Gasteiger partial charge in [-0.05, 0) is 118 Å². The van der Waals surface area contributed by atoms with Crippen molar-refractivity contribution >= 4 is 60.2 Å². The second-order valence-electron chi connectivity index (χ2n) is 17.9. The molecule has 1 heteroatoms. The predicted molar refractivity (Wildman–Crippen MR) is 278 cm³/mol. The zero-order valence-corrected chi connectivity index (χ0v) is 36.1. The Kier molecular flexibility index (Phi) is 7.97. The fourth-order valence-corrected chi connectivity index (χ4v) is 11.9. The van der Waals surface area contributed by atoms with E-state index in [9.17, 15) is 0 Å². The topological polar surface area (TPSA) is 3.24 Å². The van der Waals surface area contributed by atoms with Crippen molar-refractivity contribution in [2.45, 2.75) is 5.41 Å². The molecular formula is C65H41N. The third-order valence-electron chi connectivity index (χ3n) is 14.6. The van der Waals surface area contributed by atoms with Gasteiger partial charge in [0.25, 0.3) is 0 Å². The van der Waals surface area contributed by atoms with Crippen LogP contribution in [0, 0.1) is 0 Å². The molecule has 2 aliphatic rings. The molecule has 66 heavy (non-hydrogen) atoms. The Labute approximate surface area is 384 Å². The molecule has 2 aliphatic carbocycles. The lowest BCUT2D eigenvalue weighted by molar-refractivity contribution is 0.755. The lowest BCUT2D eigenvalue weighted by Gasteiger charge is -2.46. The van der Waals surface area contributed by atoms with Crippen LogP contribution in [0.3, 0.4) is 0 Å². The van der Waals surface area contributed by atoms with Crippen molar-refractivity contribution in [3.05, 3.63) is 271 Å². The molecule has 1 spiro atoms. The molecule has 0 aromatic heterocycles. The van der Waals surface area contributed by atoms with E-state index in [2.05, 4.69) is 254 Å². The Morgan fingerprint density at radius 3 is 1.68 bits per heavy atom. The summed E-state index contributed by atoms with van der Waals surface area (Å²) in [6.07, 6.45) is 0. The first-order valence-corrected chi connectivity index (χ1v) is 23.0. The summed E-state index contributed by atoms with van der Waals surface area (Å²) in [5.74, 6) is 0. The van der Waals surface area contributed by atoms with Crippen LogP contribution in [0.1, 0.15) is 22.3 Å². The van der Waals surface area contributed by atoms with Gasteiger partial charge in [0.1, 0.15) is 0 Å².